The lowest BCUT2D eigenvalue weighted by molar-refractivity contribution is 0.108. The first kappa shape index (κ1) is 11.3. The second-order valence-electron chi connectivity index (χ2n) is 3.29. The van der Waals surface area contributed by atoms with E-state index in [0.29, 0.717) is 4.88 Å². The average molecular weight is 252 g/mol. The molecule has 0 fully saturated rings. The molecule has 2 aromatic rings. The van der Waals surface area contributed by atoms with Crippen molar-refractivity contribution in [3.8, 4) is 10.6 Å². The van der Waals surface area contributed by atoms with Crippen LogP contribution in [0.2, 0.25) is 0 Å². The van der Waals surface area contributed by atoms with Gasteiger partial charge in [0.25, 0.3) is 5.24 Å². The Bertz CT molecular complexity index is 507. The molecule has 0 spiro atoms. The van der Waals surface area contributed by atoms with Crippen molar-refractivity contribution in [2.24, 2.45) is 0 Å². The highest BCUT2D eigenvalue weighted by Gasteiger charge is 2.15. The zero-order valence-electron chi connectivity index (χ0n) is 8.74. The number of aryl methyl sites for hydroxylation is 1. The summed E-state index contributed by atoms with van der Waals surface area (Å²) < 4.78 is 0. The van der Waals surface area contributed by atoms with Gasteiger partial charge in [-0.1, -0.05) is 37.3 Å². The number of nitrogens with zero attached hydrogens (tertiary/aromatic N) is 1. The van der Waals surface area contributed by atoms with Gasteiger partial charge in [0.05, 0.1) is 5.69 Å². The third-order valence-corrected chi connectivity index (χ3v) is 3.68. The third-order valence-electron chi connectivity index (χ3n) is 2.23. The molecule has 2 rings (SSSR count). The fraction of sp³-hybridized carbons (Fsp3) is 0.167. The lowest BCUT2D eigenvalue weighted by atomic mass is 10.2. The van der Waals surface area contributed by atoms with E-state index in [1.165, 1.54) is 11.3 Å². The summed E-state index contributed by atoms with van der Waals surface area (Å²) in [6, 6.07) is 9.79. The Hall–Kier alpha value is -1.19. The van der Waals surface area contributed by atoms with Crippen LogP contribution in [0.5, 0.6) is 0 Å². The second kappa shape index (κ2) is 4.76. The molecule has 0 aliphatic rings. The summed E-state index contributed by atoms with van der Waals surface area (Å²) in [6.45, 7) is 1.97. The monoisotopic (exact) mass is 251 g/mol. The second-order valence-corrected chi connectivity index (χ2v) is 4.63. The fourth-order valence-electron chi connectivity index (χ4n) is 1.45. The molecule has 2 nitrogen and oxygen atoms in total. The largest absolute Gasteiger partial charge is 0.275 e. The van der Waals surface area contributed by atoms with Gasteiger partial charge in [0.15, 0.2) is 0 Å². The van der Waals surface area contributed by atoms with Crippen LogP contribution in [-0.4, -0.2) is 10.2 Å². The number of aromatic nitrogens is 1. The predicted molar refractivity (Wildman–Crippen MR) is 67.1 cm³/mol. The van der Waals surface area contributed by atoms with Crippen LogP contribution in [0, 0.1) is 0 Å². The molecule has 1 aromatic heterocycles. The SMILES string of the molecule is CCc1nc(-c2ccccc2)sc1C(=O)Cl. The lowest BCUT2D eigenvalue weighted by Crippen LogP contribution is -1.91. The number of hydrogen-bond acceptors (Lipinski definition) is 3. The maximum atomic E-state index is 11.2. The Kier molecular flexibility index (Phi) is 3.36. The van der Waals surface area contributed by atoms with Gasteiger partial charge in [-0.05, 0) is 18.0 Å². The van der Waals surface area contributed by atoms with Crippen LogP contribution in [0.15, 0.2) is 30.3 Å². The minimum Gasteiger partial charge on any atom is -0.275 e. The first-order valence-corrected chi connectivity index (χ1v) is 6.16. The number of benzene rings is 1. The highest BCUT2D eigenvalue weighted by molar-refractivity contribution is 7.18. The quantitative estimate of drug-likeness (QED) is 0.778. The van der Waals surface area contributed by atoms with Gasteiger partial charge in [-0.3, -0.25) is 4.79 Å². The van der Waals surface area contributed by atoms with Crippen molar-refractivity contribution in [1.82, 2.24) is 4.98 Å². The van der Waals surface area contributed by atoms with Crippen LogP contribution in [-0.2, 0) is 6.42 Å². The summed E-state index contributed by atoms with van der Waals surface area (Å²) in [5, 5.41) is 0.429. The van der Waals surface area contributed by atoms with Crippen LogP contribution in [0.1, 0.15) is 22.3 Å². The van der Waals surface area contributed by atoms with Crippen LogP contribution in [0.3, 0.4) is 0 Å². The predicted octanol–water partition coefficient (Wildman–Crippen LogP) is 3.75. The smallest absolute Gasteiger partial charge is 0.264 e. The zero-order valence-corrected chi connectivity index (χ0v) is 10.3. The summed E-state index contributed by atoms with van der Waals surface area (Å²) in [6.07, 6.45) is 0.719. The van der Waals surface area contributed by atoms with Gasteiger partial charge in [-0.25, -0.2) is 4.98 Å². The Morgan fingerprint density at radius 3 is 2.56 bits per heavy atom. The van der Waals surface area contributed by atoms with E-state index >= 15 is 0 Å². The van der Waals surface area contributed by atoms with Gasteiger partial charge in [0, 0.05) is 5.56 Å². The highest BCUT2D eigenvalue weighted by atomic mass is 35.5. The summed E-state index contributed by atoms with van der Waals surface area (Å²) in [7, 11) is 0. The molecular formula is C12H10ClNOS. The minimum atomic E-state index is -0.420. The molecule has 82 valence electrons. The Morgan fingerprint density at radius 1 is 1.38 bits per heavy atom. The molecule has 0 bridgehead atoms. The maximum absolute atomic E-state index is 11.2. The number of halogens is 1. The van der Waals surface area contributed by atoms with E-state index in [1.807, 2.05) is 37.3 Å². The summed E-state index contributed by atoms with van der Waals surface area (Å²) in [5.41, 5.74) is 1.80. The molecule has 0 amide bonds. The molecule has 0 saturated heterocycles. The Morgan fingerprint density at radius 2 is 2.06 bits per heavy atom. The molecule has 0 aliphatic carbocycles. The standard InChI is InChI=1S/C12H10ClNOS/c1-2-9-10(11(13)15)16-12(14-9)8-6-4-3-5-7-8/h3-7H,2H2,1H3. The molecule has 0 atom stereocenters. The van der Waals surface area contributed by atoms with Crippen LogP contribution < -0.4 is 0 Å². The van der Waals surface area contributed by atoms with E-state index in [-0.39, 0.29) is 0 Å². The molecule has 4 heteroatoms. The maximum Gasteiger partial charge on any atom is 0.264 e. The fourth-order valence-corrected chi connectivity index (χ4v) is 2.67. The van der Waals surface area contributed by atoms with Gasteiger partial charge in [0.1, 0.15) is 9.88 Å². The third kappa shape index (κ3) is 2.15. The van der Waals surface area contributed by atoms with Crippen molar-refractivity contribution in [3.05, 3.63) is 40.9 Å². The molecule has 0 aliphatic heterocycles. The van der Waals surface area contributed by atoms with Gasteiger partial charge in [-0.15, -0.1) is 11.3 Å². The minimum absolute atomic E-state index is 0.420. The molecule has 0 N–H and O–H groups in total. The first-order chi connectivity index (χ1) is 7.72. The zero-order chi connectivity index (χ0) is 11.5. The normalized spacial score (nSPS) is 10.4. The van der Waals surface area contributed by atoms with Gasteiger partial charge < -0.3 is 0 Å². The first-order valence-electron chi connectivity index (χ1n) is 4.97. The van der Waals surface area contributed by atoms with Crippen molar-refractivity contribution in [2.75, 3.05) is 0 Å². The molecule has 0 unspecified atom stereocenters. The summed E-state index contributed by atoms with van der Waals surface area (Å²) >= 11 is 6.87. The van der Waals surface area contributed by atoms with E-state index in [0.717, 1.165) is 22.7 Å². The Labute approximate surface area is 103 Å². The van der Waals surface area contributed by atoms with E-state index in [4.69, 9.17) is 11.6 Å². The van der Waals surface area contributed by atoms with Crippen molar-refractivity contribution < 1.29 is 4.79 Å². The van der Waals surface area contributed by atoms with Crippen molar-refractivity contribution in [3.63, 3.8) is 0 Å². The molecule has 1 aromatic carbocycles. The van der Waals surface area contributed by atoms with E-state index in [9.17, 15) is 4.79 Å². The molecule has 1 heterocycles. The van der Waals surface area contributed by atoms with Crippen molar-refractivity contribution in [1.29, 1.82) is 0 Å². The number of carbonyl (C=O) groups is 1. The van der Waals surface area contributed by atoms with Crippen molar-refractivity contribution in [2.45, 2.75) is 13.3 Å². The van der Waals surface area contributed by atoms with Crippen molar-refractivity contribution >= 4 is 28.2 Å². The highest BCUT2D eigenvalue weighted by Crippen LogP contribution is 2.29. The number of carbonyl (C=O) groups excluding carboxylic acids is 1. The lowest BCUT2D eigenvalue weighted by Gasteiger charge is -1.92. The molecule has 16 heavy (non-hydrogen) atoms. The Balaban J connectivity index is 2.48. The van der Waals surface area contributed by atoms with Crippen LogP contribution >= 0.6 is 22.9 Å². The summed E-state index contributed by atoms with van der Waals surface area (Å²) in [4.78, 5) is 16.2. The molecule has 0 saturated carbocycles. The van der Waals surface area contributed by atoms with Gasteiger partial charge in [0.2, 0.25) is 0 Å². The number of thiazole rings is 1. The van der Waals surface area contributed by atoms with Gasteiger partial charge >= 0.3 is 0 Å². The van der Waals surface area contributed by atoms with Gasteiger partial charge in [-0.2, -0.15) is 0 Å². The topological polar surface area (TPSA) is 30.0 Å². The van der Waals surface area contributed by atoms with Crippen LogP contribution in [0.25, 0.3) is 10.6 Å². The number of rotatable bonds is 3. The number of hydrogen-bond donors (Lipinski definition) is 0. The van der Waals surface area contributed by atoms with E-state index < -0.39 is 5.24 Å². The molecule has 0 radical (unpaired) electrons. The average Bonchev–Trinajstić information content (AvgIpc) is 2.74. The van der Waals surface area contributed by atoms with Crippen LogP contribution in [0.4, 0.5) is 0 Å². The van der Waals surface area contributed by atoms with E-state index in [2.05, 4.69) is 4.98 Å². The van der Waals surface area contributed by atoms with E-state index in [1.54, 1.807) is 0 Å². The molecular weight excluding hydrogens is 242 g/mol. The summed E-state index contributed by atoms with van der Waals surface area (Å²) in [5.74, 6) is 0.